The lowest BCUT2D eigenvalue weighted by molar-refractivity contribution is -0.136. The molecular formula is C26H24N2O4S. The molecule has 33 heavy (non-hydrogen) atoms. The van der Waals surface area contributed by atoms with Crippen molar-refractivity contribution in [3.05, 3.63) is 109 Å². The summed E-state index contributed by atoms with van der Waals surface area (Å²) >= 11 is 1.30. The summed E-state index contributed by atoms with van der Waals surface area (Å²) in [7, 11) is 1.34. The van der Waals surface area contributed by atoms with Gasteiger partial charge in [0.05, 0.1) is 29.0 Å². The Kier molecular flexibility index (Phi) is 6.42. The number of carbonyl (C=O) groups is 1. The zero-order valence-electron chi connectivity index (χ0n) is 18.7. The predicted molar refractivity (Wildman–Crippen MR) is 129 cm³/mol. The molecule has 7 heteroatoms. The first-order valence-electron chi connectivity index (χ1n) is 10.4. The molecule has 0 fully saturated rings. The maximum Gasteiger partial charge on any atom is 0.338 e. The Morgan fingerprint density at radius 3 is 2.48 bits per heavy atom. The van der Waals surface area contributed by atoms with Crippen LogP contribution in [0, 0.1) is 6.92 Å². The molecule has 168 valence electrons. The van der Waals surface area contributed by atoms with Crippen molar-refractivity contribution in [3.8, 4) is 5.75 Å². The van der Waals surface area contributed by atoms with Crippen molar-refractivity contribution in [2.45, 2.75) is 19.9 Å². The highest BCUT2D eigenvalue weighted by Crippen LogP contribution is 2.30. The van der Waals surface area contributed by atoms with E-state index in [1.807, 2.05) is 61.5 Å². The van der Waals surface area contributed by atoms with Crippen LogP contribution in [0.3, 0.4) is 0 Å². The number of carbonyl (C=O) groups excluding carboxylic acids is 1. The molecule has 2 heterocycles. The van der Waals surface area contributed by atoms with Gasteiger partial charge in [-0.05, 0) is 43.2 Å². The first-order chi connectivity index (χ1) is 15.9. The van der Waals surface area contributed by atoms with E-state index < -0.39 is 12.0 Å². The normalized spacial score (nSPS) is 15.6. The predicted octanol–water partition coefficient (Wildman–Crippen LogP) is 3.28. The summed E-state index contributed by atoms with van der Waals surface area (Å²) < 4.78 is 12.7. The molecule has 4 rings (SSSR count). The lowest BCUT2D eigenvalue weighted by Crippen LogP contribution is -2.39. The zero-order valence-corrected chi connectivity index (χ0v) is 19.5. The van der Waals surface area contributed by atoms with Crippen LogP contribution in [-0.2, 0) is 9.53 Å². The Balaban J connectivity index is 1.85. The van der Waals surface area contributed by atoms with Crippen LogP contribution in [0.1, 0.15) is 29.7 Å². The Morgan fingerprint density at radius 1 is 1.15 bits per heavy atom. The number of methoxy groups -OCH3 is 1. The highest BCUT2D eigenvalue weighted by molar-refractivity contribution is 7.07. The molecule has 0 aliphatic carbocycles. The molecule has 1 atom stereocenters. The van der Waals surface area contributed by atoms with E-state index in [2.05, 4.69) is 11.6 Å². The number of rotatable bonds is 6. The van der Waals surface area contributed by atoms with Gasteiger partial charge >= 0.3 is 5.97 Å². The highest BCUT2D eigenvalue weighted by atomic mass is 32.1. The number of hydrogen-bond acceptors (Lipinski definition) is 6. The number of aryl methyl sites for hydroxylation is 1. The number of benzene rings is 2. The standard InChI is InChI=1S/C26H24N2O4S/c1-5-14-32-20-12-8-18(9-13-20)15-21-24(29)28-23(19-10-6-16(2)7-11-19)22(25(30)31-4)17(3)27-26(28)33-21/h5-13,15,23H,1,14H2,2-4H3. The number of fused-ring (bicyclic) bond motifs is 1. The fourth-order valence-corrected chi connectivity index (χ4v) is 4.77. The van der Waals surface area contributed by atoms with E-state index in [0.29, 0.717) is 27.2 Å². The second kappa shape index (κ2) is 9.42. The molecule has 0 saturated carbocycles. The molecule has 0 spiro atoms. The van der Waals surface area contributed by atoms with Gasteiger partial charge in [0.15, 0.2) is 4.80 Å². The number of hydrogen-bond donors (Lipinski definition) is 0. The van der Waals surface area contributed by atoms with Crippen molar-refractivity contribution in [2.24, 2.45) is 4.99 Å². The lowest BCUT2D eigenvalue weighted by Gasteiger charge is -2.24. The van der Waals surface area contributed by atoms with E-state index >= 15 is 0 Å². The highest BCUT2D eigenvalue weighted by Gasteiger charge is 2.32. The molecule has 1 aliphatic heterocycles. The number of allylic oxidation sites excluding steroid dienone is 1. The molecule has 0 N–H and O–H groups in total. The first kappa shape index (κ1) is 22.5. The van der Waals surface area contributed by atoms with Crippen LogP contribution in [0.5, 0.6) is 5.75 Å². The summed E-state index contributed by atoms with van der Waals surface area (Å²) in [5, 5.41) is 0. The van der Waals surface area contributed by atoms with Gasteiger partial charge < -0.3 is 9.47 Å². The van der Waals surface area contributed by atoms with E-state index in [0.717, 1.165) is 22.4 Å². The van der Waals surface area contributed by atoms with Crippen LogP contribution in [0.4, 0.5) is 0 Å². The van der Waals surface area contributed by atoms with E-state index in [-0.39, 0.29) is 5.56 Å². The van der Waals surface area contributed by atoms with Crippen LogP contribution in [-0.4, -0.2) is 24.3 Å². The second-order valence-electron chi connectivity index (χ2n) is 7.65. The van der Waals surface area contributed by atoms with Gasteiger partial charge in [-0.2, -0.15) is 0 Å². The van der Waals surface area contributed by atoms with Crippen molar-refractivity contribution >= 4 is 23.4 Å². The first-order valence-corrected chi connectivity index (χ1v) is 11.3. The Labute approximate surface area is 195 Å². The Morgan fingerprint density at radius 2 is 1.85 bits per heavy atom. The number of ether oxygens (including phenoxy) is 2. The fourth-order valence-electron chi connectivity index (χ4n) is 3.72. The average Bonchev–Trinajstić information content (AvgIpc) is 3.12. The van der Waals surface area contributed by atoms with Gasteiger partial charge in [0.2, 0.25) is 0 Å². The van der Waals surface area contributed by atoms with Gasteiger partial charge in [0.25, 0.3) is 5.56 Å². The lowest BCUT2D eigenvalue weighted by atomic mass is 9.95. The van der Waals surface area contributed by atoms with Gasteiger partial charge in [-0.15, -0.1) is 0 Å². The van der Waals surface area contributed by atoms with E-state index in [4.69, 9.17) is 9.47 Å². The third kappa shape index (κ3) is 4.45. The molecule has 1 unspecified atom stereocenters. The molecule has 0 saturated heterocycles. The van der Waals surface area contributed by atoms with E-state index in [1.54, 1.807) is 17.6 Å². The molecule has 0 bridgehead atoms. The van der Waals surface area contributed by atoms with Crippen LogP contribution < -0.4 is 19.6 Å². The van der Waals surface area contributed by atoms with Crippen molar-refractivity contribution in [1.29, 1.82) is 0 Å². The van der Waals surface area contributed by atoms with Crippen LogP contribution in [0.25, 0.3) is 6.08 Å². The summed E-state index contributed by atoms with van der Waals surface area (Å²) in [6, 6.07) is 14.7. The summed E-state index contributed by atoms with van der Waals surface area (Å²) in [6.45, 7) is 7.83. The third-order valence-corrected chi connectivity index (χ3v) is 6.35. The molecular weight excluding hydrogens is 436 g/mol. The molecule has 2 aromatic carbocycles. The summed E-state index contributed by atoms with van der Waals surface area (Å²) in [6.07, 6.45) is 3.51. The van der Waals surface area contributed by atoms with Gasteiger partial charge in [-0.25, -0.2) is 9.79 Å². The minimum atomic E-state index is -0.605. The smallest absolute Gasteiger partial charge is 0.338 e. The molecule has 1 aromatic heterocycles. The summed E-state index contributed by atoms with van der Waals surface area (Å²) in [5.74, 6) is 0.234. The maximum absolute atomic E-state index is 13.5. The molecule has 3 aromatic rings. The SMILES string of the molecule is C=CCOc1ccc(C=c2sc3n(c2=O)C(c2ccc(C)cc2)C(C(=O)OC)=C(C)N=3)cc1. The number of aromatic nitrogens is 1. The Hall–Kier alpha value is -3.71. The minimum Gasteiger partial charge on any atom is -0.490 e. The third-order valence-electron chi connectivity index (χ3n) is 5.37. The number of nitrogens with zero attached hydrogens (tertiary/aromatic N) is 2. The molecule has 6 nitrogen and oxygen atoms in total. The Bertz CT molecular complexity index is 1410. The van der Waals surface area contributed by atoms with E-state index in [9.17, 15) is 9.59 Å². The monoisotopic (exact) mass is 460 g/mol. The van der Waals surface area contributed by atoms with Crippen LogP contribution in [0.15, 0.2) is 82.2 Å². The summed E-state index contributed by atoms with van der Waals surface area (Å²) in [5.41, 5.74) is 3.49. The fraction of sp³-hybridized carbons (Fsp3) is 0.192. The maximum atomic E-state index is 13.5. The topological polar surface area (TPSA) is 69.9 Å². The van der Waals surface area contributed by atoms with E-state index in [1.165, 1.54) is 18.4 Å². The van der Waals surface area contributed by atoms with Crippen LogP contribution >= 0.6 is 11.3 Å². The van der Waals surface area contributed by atoms with Crippen LogP contribution in [0.2, 0.25) is 0 Å². The van der Waals surface area contributed by atoms with Crippen molar-refractivity contribution in [1.82, 2.24) is 4.57 Å². The van der Waals surface area contributed by atoms with Gasteiger partial charge in [-0.3, -0.25) is 9.36 Å². The number of esters is 1. The average molecular weight is 461 g/mol. The molecule has 0 radical (unpaired) electrons. The molecule has 0 amide bonds. The zero-order chi connectivity index (χ0) is 23.5. The molecule has 1 aliphatic rings. The summed E-state index contributed by atoms with van der Waals surface area (Å²) in [4.78, 5) is 31.3. The van der Waals surface area contributed by atoms with Gasteiger partial charge in [0.1, 0.15) is 12.4 Å². The second-order valence-corrected chi connectivity index (χ2v) is 8.66. The quantitative estimate of drug-likeness (QED) is 0.418. The largest absolute Gasteiger partial charge is 0.490 e. The van der Waals surface area contributed by atoms with Crippen molar-refractivity contribution < 1.29 is 14.3 Å². The van der Waals surface area contributed by atoms with Crippen molar-refractivity contribution in [3.63, 3.8) is 0 Å². The van der Waals surface area contributed by atoms with Gasteiger partial charge in [0, 0.05) is 0 Å². The van der Waals surface area contributed by atoms with Crippen molar-refractivity contribution in [2.75, 3.05) is 13.7 Å². The van der Waals surface area contributed by atoms with Gasteiger partial charge in [-0.1, -0.05) is 66.0 Å². The minimum absolute atomic E-state index is 0.204. The number of thiazole rings is 1.